The molecule has 3 N–H and O–H groups in total. The largest absolute Gasteiger partial charge is 0.472 e. The minimum absolute atomic E-state index is 0.0623. The van der Waals surface area contributed by atoms with Gasteiger partial charge >= 0.3 is 7.82 Å². The van der Waals surface area contributed by atoms with Gasteiger partial charge in [0, 0.05) is 6.42 Å². The molecule has 3 atom stereocenters. The Morgan fingerprint density at radius 1 is 0.523 bits per heavy atom. The molecule has 0 saturated heterocycles. The summed E-state index contributed by atoms with van der Waals surface area (Å²) in [7, 11) is 1.58. The van der Waals surface area contributed by atoms with Gasteiger partial charge in [0.2, 0.25) is 5.91 Å². The number of phosphoric ester groups is 1. The number of hydrogen-bond donors (Lipinski definition) is 3. The van der Waals surface area contributed by atoms with Crippen LogP contribution in [0.1, 0.15) is 264 Å². The van der Waals surface area contributed by atoms with E-state index in [1.165, 1.54) is 199 Å². The summed E-state index contributed by atoms with van der Waals surface area (Å²) in [5.41, 5.74) is 0. The number of rotatable bonds is 51. The summed E-state index contributed by atoms with van der Waals surface area (Å²) >= 11 is 0. The number of carbonyl (C=O) groups is 1. The highest BCUT2D eigenvalue weighted by molar-refractivity contribution is 7.47. The van der Waals surface area contributed by atoms with Crippen molar-refractivity contribution < 1.29 is 32.9 Å². The predicted molar refractivity (Wildman–Crippen MR) is 281 cm³/mol. The molecule has 0 aromatic heterocycles. The van der Waals surface area contributed by atoms with Crippen molar-refractivity contribution in [2.24, 2.45) is 0 Å². The van der Waals surface area contributed by atoms with Crippen molar-refractivity contribution in [1.82, 2.24) is 5.32 Å². The maximum atomic E-state index is 12.9. The molecule has 1 amide bonds. The normalized spacial score (nSPS) is 14.3. The number of aliphatic hydroxyl groups excluding tert-OH is 1. The average molecular weight is 938 g/mol. The Morgan fingerprint density at radius 2 is 0.877 bits per heavy atom. The predicted octanol–water partition coefficient (Wildman–Crippen LogP) is 16.6. The zero-order valence-corrected chi connectivity index (χ0v) is 44.6. The van der Waals surface area contributed by atoms with Crippen molar-refractivity contribution in [3.63, 3.8) is 0 Å². The van der Waals surface area contributed by atoms with E-state index in [1.807, 2.05) is 27.2 Å². The third kappa shape index (κ3) is 50.4. The number of nitrogens with one attached hydrogen (secondary N) is 1. The van der Waals surface area contributed by atoms with Gasteiger partial charge in [-0.05, 0) is 51.4 Å². The number of aliphatic hydroxyl groups is 1. The molecule has 0 aromatic rings. The minimum atomic E-state index is -4.34. The molecule has 0 bridgehead atoms. The van der Waals surface area contributed by atoms with Crippen molar-refractivity contribution in [3.8, 4) is 0 Å². The molecule has 9 heteroatoms. The van der Waals surface area contributed by atoms with Crippen molar-refractivity contribution in [2.45, 2.75) is 276 Å². The summed E-state index contributed by atoms with van der Waals surface area (Å²) in [4.78, 5) is 23.2. The molecule has 0 aliphatic heterocycles. The molecular weight excluding hydrogens is 828 g/mol. The number of likely N-dealkylation sites (N-methyl/N-ethyl adjacent to an activating group) is 1. The molecule has 8 nitrogen and oxygen atoms in total. The lowest BCUT2D eigenvalue weighted by Gasteiger charge is -2.25. The highest BCUT2D eigenvalue weighted by atomic mass is 31.2. The third-order valence-electron chi connectivity index (χ3n) is 12.6. The Morgan fingerprint density at radius 3 is 1.26 bits per heavy atom. The zero-order chi connectivity index (χ0) is 47.8. The molecule has 0 heterocycles. The molecule has 0 rings (SSSR count). The molecule has 0 aliphatic rings. The van der Waals surface area contributed by atoms with Crippen LogP contribution in [0.3, 0.4) is 0 Å². The molecular formula is C56H110N2O6P+. The van der Waals surface area contributed by atoms with E-state index in [9.17, 15) is 19.4 Å². The summed E-state index contributed by atoms with van der Waals surface area (Å²) in [5.74, 6) is -0.176. The smallest absolute Gasteiger partial charge is 0.387 e. The Kier molecular flexibility index (Phi) is 46.8. The molecule has 0 aromatic carbocycles. The van der Waals surface area contributed by atoms with Crippen LogP contribution in [0.5, 0.6) is 0 Å². The summed E-state index contributed by atoms with van der Waals surface area (Å²) in [5, 5.41) is 13.8. The van der Waals surface area contributed by atoms with Gasteiger partial charge in [-0.1, -0.05) is 243 Å². The van der Waals surface area contributed by atoms with Crippen LogP contribution in [0.2, 0.25) is 0 Å². The van der Waals surface area contributed by atoms with E-state index in [2.05, 4.69) is 43.5 Å². The number of hydrogen-bond acceptors (Lipinski definition) is 5. The van der Waals surface area contributed by atoms with Gasteiger partial charge in [0.25, 0.3) is 0 Å². The van der Waals surface area contributed by atoms with E-state index in [4.69, 9.17) is 9.05 Å². The van der Waals surface area contributed by atoms with E-state index in [0.29, 0.717) is 17.4 Å². The third-order valence-corrected chi connectivity index (χ3v) is 13.6. The lowest BCUT2D eigenvalue weighted by Crippen LogP contribution is -2.45. The van der Waals surface area contributed by atoms with Gasteiger partial charge in [-0.25, -0.2) is 4.57 Å². The average Bonchev–Trinajstić information content (AvgIpc) is 3.26. The number of carbonyl (C=O) groups excluding carboxylic acids is 1. The Labute approximate surface area is 404 Å². The van der Waals surface area contributed by atoms with Crippen LogP contribution < -0.4 is 5.32 Å². The zero-order valence-electron chi connectivity index (χ0n) is 43.7. The summed E-state index contributed by atoms with van der Waals surface area (Å²) in [6.07, 6.45) is 61.2. The number of phosphoric acid groups is 1. The summed E-state index contributed by atoms with van der Waals surface area (Å²) in [6, 6.07) is -0.843. The fourth-order valence-electron chi connectivity index (χ4n) is 8.19. The molecule has 0 aliphatic carbocycles. The fourth-order valence-corrected chi connectivity index (χ4v) is 8.93. The molecule has 3 unspecified atom stereocenters. The maximum absolute atomic E-state index is 12.9. The highest BCUT2D eigenvalue weighted by Crippen LogP contribution is 2.43. The molecule has 65 heavy (non-hydrogen) atoms. The second kappa shape index (κ2) is 47.8. The standard InChI is InChI=1S/C56H109N2O6P/c1-6-8-10-12-14-16-18-19-20-21-22-23-24-25-26-27-28-29-30-31-32-33-34-35-36-37-38-39-40-42-44-46-48-50-56(60)57-54(53-64-65(61,62)63-52-51-58(3,4)5)55(59)49-47-45-43-41-17-15-13-11-9-7-2/h22-23,25-26,47,49,54-55,59H,6-21,24,27-46,48,50-53H2,1-5H3,(H-,57,60,61,62)/p+1/b23-22-,26-25-,49-47+. The van der Waals surface area contributed by atoms with E-state index < -0.39 is 20.0 Å². The molecule has 384 valence electrons. The quantitative estimate of drug-likeness (QED) is 0.0243. The summed E-state index contributed by atoms with van der Waals surface area (Å²) in [6.45, 7) is 4.81. The number of nitrogens with zero attached hydrogens (tertiary/aromatic N) is 1. The number of amides is 1. The van der Waals surface area contributed by atoms with Crippen LogP contribution in [-0.4, -0.2) is 73.4 Å². The lowest BCUT2D eigenvalue weighted by atomic mass is 10.0. The van der Waals surface area contributed by atoms with Crippen LogP contribution >= 0.6 is 7.82 Å². The number of unbranched alkanes of at least 4 members (excludes halogenated alkanes) is 34. The van der Waals surface area contributed by atoms with Gasteiger partial charge in [0.15, 0.2) is 0 Å². The van der Waals surface area contributed by atoms with E-state index in [1.54, 1.807) is 6.08 Å². The second-order valence-electron chi connectivity index (χ2n) is 20.3. The molecule has 0 saturated carbocycles. The van der Waals surface area contributed by atoms with Crippen LogP contribution in [0, 0.1) is 0 Å². The van der Waals surface area contributed by atoms with Crippen LogP contribution in [0.25, 0.3) is 0 Å². The van der Waals surface area contributed by atoms with E-state index in [0.717, 1.165) is 44.9 Å². The van der Waals surface area contributed by atoms with Gasteiger partial charge in [-0.2, -0.15) is 0 Å². The summed E-state index contributed by atoms with van der Waals surface area (Å²) < 4.78 is 23.6. The first-order chi connectivity index (χ1) is 31.5. The Bertz CT molecular complexity index is 1150. The molecule has 0 fully saturated rings. The first-order valence-corrected chi connectivity index (χ1v) is 29.4. The van der Waals surface area contributed by atoms with Gasteiger partial charge < -0.3 is 19.8 Å². The minimum Gasteiger partial charge on any atom is -0.387 e. The van der Waals surface area contributed by atoms with Crippen molar-refractivity contribution >= 4 is 13.7 Å². The fraction of sp³-hybridized carbons (Fsp3) is 0.875. The SMILES string of the molecule is CCCCCCCCCC/C=C/C(O)C(COP(=O)(O)OCC[N+](C)(C)C)NC(=O)CCCCCCCCCCCCCCCCCCC/C=C\C/C=C\CCCCCCCCCCC. The van der Waals surface area contributed by atoms with Gasteiger partial charge in [0.05, 0.1) is 39.9 Å². The topological polar surface area (TPSA) is 105 Å². The number of quaternary nitrogens is 1. The maximum Gasteiger partial charge on any atom is 0.472 e. The van der Waals surface area contributed by atoms with Crippen LogP contribution in [0.15, 0.2) is 36.5 Å². The van der Waals surface area contributed by atoms with Crippen LogP contribution in [-0.2, 0) is 18.4 Å². The number of allylic oxidation sites excluding steroid dienone is 5. The monoisotopic (exact) mass is 938 g/mol. The van der Waals surface area contributed by atoms with Crippen molar-refractivity contribution in [1.29, 1.82) is 0 Å². The first kappa shape index (κ1) is 63.7. The van der Waals surface area contributed by atoms with Gasteiger partial charge in [0.1, 0.15) is 13.2 Å². The highest BCUT2D eigenvalue weighted by Gasteiger charge is 2.27. The van der Waals surface area contributed by atoms with Gasteiger partial charge in [-0.3, -0.25) is 13.8 Å². The van der Waals surface area contributed by atoms with E-state index in [-0.39, 0.29) is 19.1 Å². The van der Waals surface area contributed by atoms with Crippen LogP contribution in [0.4, 0.5) is 0 Å². The van der Waals surface area contributed by atoms with Crippen molar-refractivity contribution in [3.05, 3.63) is 36.5 Å². The Hall–Kier alpha value is -1.28. The van der Waals surface area contributed by atoms with E-state index >= 15 is 0 Å². The molecule has 0 spiro atoms. The first-order valence-electron chi connectivity index (χ1n) is 27.9. The second-order valence-corrected chi connectivity index (χ2v) is 21.8. The van der Waals surface area contributed by atoms with Gasteiger partial charge in [-0.15, -0.1) is 0 Å². The lowest BCUT2D eigenvalue weighted by molar-refractivity contribution is -0.870. The van der Waals surface area contributed by atoms with Crippen molar-refractivity contribution in [2.75, 3.05) is 40.9 Å². The molecule has 0 radical (unpaired) electrons. The Balaban J connectivity index is 3.95.